The maximum Gasteiger partial charge on any atom is 0.308 e. The Hall–Kier alpha value is -2.32. The van der Waals surface area contributed by atoms with Gasteiger partial charge in [-0.3, -0.25) is 9.78 Å². The number of rotatable bonds is 7. The molecule has 1 heterocycles. The third-order valence-electron chi connectivity index (χ3n) is 3.56. The lowest BCUT2D eigenvalue weighted by atomic mass is 10.0. The predicted molar refractivity (Wildman–Crippen MR) is 85.4 cm³/mol. The Balaban J connectivity index is 2.13. The molecule has 1 aromatic heterocycles. The van der Waals surface area contributed by atoms with Crippen LogP contribution in [0.25, 0.3) is 0 Å². The first-order valence-electron chi connectivity index (χ1n) is 7.19. The summed E-state index contributed by atoms with van der Waals surface area (Å²) in [6, 6.07) is 8.82. The molecule has 0 aliphatic heterocycles. The number of nitrogens with one attached hydrogen (secondary N) is 1. The summed E-state index contributed by atoms with van der Waals surface area (Å²) in [6.07, 6.45) is 1.62. The predicted octanol–water partition coefficient (Wildman–Crippen LogP) is 1.75. The van der Waals surface area contributed by atoms with Gasteiger partial charge in [0.15, 0.2) is 0 Å². The third-order valence-corrected chi connectivity index (χ3v) is 5.13. The first-order valence-corrected chi connectivity index (χ1v) is 8.67. The summed E-state index contributed by atoms with van der Waals surface area (Å²) in [5.74, 6) is -2.76. The Morgan fingerprint density at radius 3 is 2.67 bits per heavy atom. The van der Waals surface area contributed by atoms with Gasteiger partial charge in [-0.15, -0.1) is 0 Å². The van der Waals surface area contributed by atoms with E-state index in [4.69, 9.17) is 0 Å². The van der Waals surface area contributed by atoms with Crippen LogP contribution in [0, 0.1) is 18.7 Å². The Morgan fingerprint density at radius 1 is 1.29 bits per heavy atom. The normalized spacial score (nSPS) is 12.8. The van der Waals surface area contributed by atoms with Gasteiger partial charge in [0.1, 0.15) is 5.82 Å². The van der Waals surface area contributed by atoms with Crippen LogP contribution in [0.3, 0.4) is 0 Å². The zero-order valence-corrected chi connectivity index (χ0v) is 13.8. The number of nitrogens with zero attached hydrogens (tertiary/aromatic N) is 1. The molecule has 0 spiro atoms. The van der Waals surface area contributed by atoms with Crippen LogP contribution in [0.4, 0.5) is 4.39 Å². The SMILES string of the molecule is Cc1c(F)cccc1S(=O)(=O)NCC(Cc1ccccn1)C(=O)O. The summed E-state index contributed by atoms with van der Waals surface area (Å²) in [5, 5.41) is 9.28. The number of hydrogen-bond acceptors (Lipinski definition) is 4. The number of carbonyl (C=O) groups is 1. The summed E-state index contributed by atoms with van der Waals surface area (Å²) >= 11 is 0. The summed E-state index contributed by atoms with van der Waals surface area (Å²) < 4.78 is 40.4. The molecule has 0 amide bonds. The molecule has 128 valence electrons. The molecule has 2 N–H and O–H groups in total. The minimum absolute atomic E-state index is 0.0124. The number of carboxylic acids is 1. The van der Waals surface area contributed by atoms with Crippen molar-refractivity contribution in [2.75, 3.05) is 6.54 Å². The third kappa shape index (κ3) is 4.36. The molecule has 8 heteroatoms. The molecule has 0 aliphatic carbocycles. The van der Waals surface area contributed by atoms with Crippen molar-refractivity contribution in [3.05, 3.63) is 59.7 Å². The molecular weight excluding hydrogens is 335 g/mol. The summed E-state index contributed by atoms with van der Waals surface area (Å²) in [4.78, 5) is 15.2. The van der Waals surface area contributed by atoms with Gasteiger partial charge < -0.3 is 5.11 Å². The number of sulfonamides is 1. The fourth-order valence-electron chi connectivity index (χ4n) is 2.18. The molecule has 0 aliphatic rings. The van der Waals surface area contributed by atoms with Gasteiger partial charge in [0.2, 0.25) is 10.0 Å². The molecule has 0 bridgehead atoms. The molecule has 0 saturated heterocycles. The zero-order chi connectivity index (χ0) is 17.7. The van der Waals surface area contributed by atoms with E-state index in [1.807, 2.05) is 0 Å². The second-order valence-corrected chi connectivity index (χ2v) is 7.01. The largest absolute Gasteiger partial charge is 0.481 e. The summed E-state index contributed by atoms with van der Waals surface area (Å²) in [6.45, 7) is 1.04. The first-order chi connectivity index (χ1) is 11.3. The van der Waals surface area contributed by atoms with Gasteiger partial charge in [-0.1, -0.05) is 12.1 Å². The molecular formula is C16H17FN2O4S. The number of carboxylic acid groups (broad SMARTS) is 1. The molecule has 1 aromatic carbocycles. The van der Waals surface area contributed by atoms with Crippen molar-refractivity contribution in [3.63, 3.8) is 0 Å². The van der Waals surface area contributed by atoms with Crippen LogP contribution < -0.4 is 4.72 Å². The number of aromatic nitrogens is 1. The van der Waals surface area contributed by atoms with Crippen molar-refractivity contribution in [2.45, 2.75) is 18.2 Å². The van der Waals surface area contributed by atoms with Crippen LogP contribution in [0.5, 0.6) is 0 Å². The average Bonchev–Trinajstić information content (AvgIpc) is 2.54. The topological polar surface area (TPSA) is 96.4 Å². The van der Waals surface area contributed by atoms with E-state index in [-0.39, 0.29) is 23.4 Å². The first kappa shape index (κ1) is 18.0. The molecule has 2 rings (SSSR count). The van der Waals surface area contributed by atoms with E-state index >= 15 is 0 Å². The van der Waals surface area contributed by atoms with Crippen LogP contribution in [-0.4, -0.2) is 31.0 Å². The number of benzene rings is 1. The van der Waals surface area contributed by atoms with E-state index in [9.17, 15) is 22.7 Å². The maximum absolute atomic E-state index is 13.5. The van der Waals surface area contributed by atoms with Crippen molar-refractivity contribution in [2.24, 2.45) is 5.92 Å². The van der Waals surface area contributed by atoms with Crippen LogP contribution in [0.2, 0.25) is 0 Å². The van der Waals surface area contributed by atoms with Crippen LogP contribution >= 0.6 is 0 Å². The van der Waals surface area contributed by atoms with E-state index in [0.29, 0.717) is 5.69 Å². The average molecular weight is 352 g/mol. The smallest absolute Gasteiger partial charge is 0.308 e. The molecule has 1 atom stereocenters. The Morgan fingerprint density at radius 2 is 2.04 bits per heavy atom. The van der Waals surface area contributed by atoms with Crippen molar-refractivity contribution in [3.8, 4) is 0 Å². The minimum atomic E-state index is -4.01. The van der Waals surface area contributed by atoms with Gasteiger partial charge in [-0.2, -0.15) is 0 Å². The van der Waals surface area contributed by atoms with E-state index in [0.717, 1.165) is 6.07 Å². The van der Waals surface area contributed by atoms with Gasteiger partial charge in [-0.05, 0) is 31.2 Å². The highest BCUT2D eigenvalue weighted by Crippen LogP contribution is 2.18. The number of aliphatic carboxylic acids is 1. The standard InChI is InChI=1S/C16H17FN2O4S/c1-11-14(17)6-4-7-15(11)24(22,23)19-10-12(16(20)21)9-13-5-2-3-8-18-13/h2-8,12,19H,9-10H2,1H3,(H,20,21). The number of pyridine rings is 1. The van der Waals surface area contributed by atoms with Crippen LogP contribution in [-0.2, 0) is 21.2 Å². The van der Waals surface area contributed by atoms with Crippen LogP contribution in [0.1, 0.15) is 11.3 Å². The van der Waals surface area contributed by atoms with E-state index < -0.39 is 27.7 Å². The Kier molecular flexibility index (Phi) is 5.63. The number of hydrogen-bond donors (Lipinski definition) is 2. The fourth-order valence-corrected chi connectivity index (χ4v) is 3.52. The highest BCUT2D eigenvalue weighted by atomic mass is 32.2. The van der Waals surface area contributed by atoms with E-state index in [2.05, 4.69) is 9.71 Å². The molecule has 6 nitrogen and oxygen atoms in total. The van der Waals surface area contributed by atoms with E-state index in [1.54, 1.807) is 18.2 Å². The fraction of sp³-hybridized carbons (Fsp3) is 0.250. The monoisotopic (exact) mass is 352 g/mol. The summed E-state index contributed by atoms with van der Waals surface area (Å²) in [5.41, 5.74) is 0.535. The van der Waals surface area contributed by atoms with Gasteiger partial charge >= 0.3 is 5.97 Å². The lowest BCUT2D eigenvalue weighted by Crippen LogP contribution is -2.34. The Bertz CT molecular complexity index is 825. The lowest BCUT2D eigenvalue weighted by Gasteiger charge is -2.14. The second kappa shape index (κ2) is 7.50. The molecule has 0 radical (unpaired) electrons. The Labute approximate surface area is 139 Å². The molecule has 0 saturated carbocycles. The van der Waals surface area contributed by atoms with Crippen molar-refractivity contribution in [1.29, 1.82) is 0 Å². The van der Waals surface area contributed by atoms with Crippen molar-refractivity contribution in [1.82, 2.24) is 9.71 Å². The molecule has 2 aromatic rings. The van der Waals surface area contributed by atoms with Gasteiger partial charge in [0.25, 0.3) is 0 Å². The van der Waals surface area contributed by atoms with Gasteiger partial charge in [0, 0.05) is 30.4 Å². The highest BCUT2D eigenvalue weighted by molar-refractivity contribution is 7.89. The lowest BCUT2D eigenvalue weighted by molar-refractivity contribution is -0.141. The minimum Gasteiger partial charge on any atom is -0.481 e. The van der Waals surface area contributed by atoms with Gasteiger partial charge in [0.05, 0.1) is 10.8 Å². The van der Waals surface area contributed by atoms with Gasteiger partial charge in [-0.25, -0.2) is 17.5 Å². The van der Waals surface area contributed by atoms with Crippen LogP contribution in [0.15, 0.2) is 47.5 Å². The molecule has 24 heavy (non-hydrogen) atoms. The van der Waals surface area contributed by atoms with Crippen molar-refractivity contribution >= 4 is 16.0 Å². The molecule has 1 unspecified atom stereocenters. The highest BCUT2D eigenvalue weighted by Gasteiger charge is 2.24. The zero-order valence-electron chi connectivity index (χ0n) is 12.9. The molecule has 0 fully saturated rings. The summed E-state index contributed by atoms with van der Waals surface area (Å²) in [7, 11) is -4.01. The second-order valence-electron chi connectivity index (χ2n) is 5.28. The van der Waals surface area contributed by atoms with E-state index in [1.165, 1.54) is 25.3 Å². The maximum atomic E-state index is 13.5. The van der Waals surface area contributed by atoms with Crippen molar-refractivity contribution < 1.29 is 22.7 Å². The quantitative estimate of drug-likeness (QED) is 0.791. The number of halogens is 1.